The number of nitrogens with zero attached hydrogens (tertiary/aromatic N) is 2. The van der Waals surface area contributed by atoms with Gasteiger partial charge in [-0.1, -0.05) is 0 Å². The summed E-state index contributed by atoms with van der Waals surface area (Å²) < 4.78 is 11.0. The molecular formula is C16H22N2O5. The van der Waals surface area contributed by atoms with Crippen LogP contribution >= 0.6 is 0 Å². The molecule has 23 heavy (non-hydrogen) atoms. The molecule has 0 aliphatic carbocycles. The monoisotopic (exact) mass is 322 g/mol. The fourth-order valence-electron chi connectivity index (χ4n) is 2.29. The summed E-state index contributed by atoms with van der Waals surface area (Å²) in [6.07, 6.45) is 2.21. The molecule has 0 atom stereocenters. The average Bonchev–Trinajstić information content (AvgIpc) is 2.46. The molecule has 1 aliphatic rings. The molecule has 126 valence electrons. The first-order valence-corrected chi connectivity index (χ1v) is 7.59. The molecule has 0 unspecified atom stereocenters. The number of aromatic nitrogens is 1. The van der Waals surface area contributed by atoms with Crippen molar-refractivity contribution in [2.45, 2.75) is 45.3 Å². The van der Waals surface area contributed by atoms with E-state index < -0.39 is 11.6 Å². The highest BCUT2D eigenvalue weighted by atomic mass is 16.6. The maximum absolute atomic E-state index is 12.0. The van der Waals surface area contributed by atoms with Crippen molar-refractivity contribution in [1.29, 1.82) is 0 Å². The van der Waals surface area contributed by atoms with Crippen LogP contribution in [-0.2, 0) is 4.74 Å². The molecule has 0 aromatic carbocycles. The van der Waals surface area contributed by atoms with E-state index in [0.29, 0.717) is 25.9 Å². The van der Waals surface area contributed by atoms with Gasteiger partial charge in [0, 0.05) is 32.1 Å². The number of carboxylic acid groups (broad SMARTS) is 1. The molecule has 0 radical (unpaired) electrons. The van der Waals surface area contributed by atoms with Crippen LogP contribution in [0.2, 0.25) is 0 Å². The minimum Gasteiger partial charge on any atom is -0.477 e. The second-order valence-corrected chi connectivity index (χ2v) is 6.45. The van der Waals surface area contributed by atoms with E-state index in [1.54, 1.807) is 11.0 Å². The number of amides is 1. The second kappa shape index (κ2) is 6.85. The molecule has 1 aromatic rings. The van der Waals surface area contributed by atoms with Gasteiger partial charge in [-0.3, -0.25) is 0 Å². The quantitative estimate of drug-likeness (QED) is 0.920. The summed E-state index contributed by atoms with van der Waals surface area (Å²) in [5.41, 5.74) is -0.475. The normalized spacial score (nSPS) is 16.0. The van der Waals surface area contributed by atoms with E-state index >= 15 is 0 Å². The van der Waals surface area contributed by atoms with Gasteiger partial charge >= 0.3 is 12.1 Å². The number of piperidine rings is 1. The summed E-state index contributed by atoms with van der Waals surface area (Å²) in [4.78, 5) is 28.8. The van der Waals surface area contributed by atoms with E-state index in [1.807, 2.05) is 20.8 Å². The number of hydrogen-bond acceptors (Lipinski definition) is 5. The third-order valence-corrected chi connectivity index (χ3v) is 3.37. The molecule has 0 spiro atoms. The summed E-state index contributed by atoms with van der Waals surface area (Å²) in [6.45, 7) is 6.50. The van der Waals surface area contributed by atoms with Gasteiger partial charge < -0.3 is 19.5 Å². The van der Waals surface area contributed by atoms with Crippen LogP contribution in [-0.4, -0.2) is 51.8 Å². The number of likely N-dealkylation sites (tertiary alicyclic amines) is 1. The molecule has 0 bridgehead atoms. The Morgan fingerprint density at radius 2 is 1.96 bits per heavy atom. The number of carboxylic acids is 1. The van der Waals surface area contributed by atoms with Crippen LogP contribution in [0.25, 0.3) is 0 Å². The van der Waals surface area contributed by atoms with Gasteiger partial charge in [0.15, 0.2) is 0 Å². The van der Waals surface area contributed by atoms with Crippen LogP contribution in [0.1, 0.15) is 44.0 Å². The lowest BCUT2D eigenvalue weighted by molar-refractivity contribution is 0.0122. The minimum atomic E-state index is -1.07. The highest BCUT2D eigenvalue weighted by molar-refractivity contribution is 5.90. The van der Waals surface area contributed by atoms with Crippen LogP contribution < -0.4 is 4.74 Å². The Bertz CT molecular complexity index is 574. The lowest BCUT2D eigenvalue weighted by Gasteiger charge is -2.33. The van der Waals surface area contributed by atoms with Crippen LogP contribution in [0.15, 0.2) is 18.3 Å². The highest BCUT2D eigenvalue weighted by Gasteiger charge is 2.28. The van der Waals surface area contributed by atoms with E-state index in [4.69, 9.17) is 14.6 Å². The molecule has 0 saturated carbocycles. The maximum atomic E-state index is 12.0. The van der Waals surface area contributed by atoms with Crippen molar-refractivity contribution < 1.29 is 24.2 Å². The first-order valence-electron chi connectivity index (χ1n) is 7.59. The van der Waals surface area contributed by atoms with Gasteiger partial charge in [-0.15, -0.1) is 0 Å². The molecule has 1 aliphatic heterocycles. The summed E-state index contributed by atoms with van der Waals surface area (Å²) in [5, 5.41) is 9.13. The van der Waals surface area contributed by atoms with E-state index in [1.165, 1.54) is 12.3 Å². The van der Waals surface area contributed by atoms with Crippen LogP contribution in [0.4, 0.5) is 4.79 Å². The van der Waals surface area contributed by atoms with Gasteiger partial charge in [0.1, 0.15) is 17.3 Å². The number of pyridine rings is 1. The van der Waals surface area contributed by atoms with Gasteiger partial charge in [-0.25, -0.2) is 14.6 Å². The second-order valence-electron chi connectivity index (χ2n) is 6.45. The summed E-state index contributed by atoms with van der Waals surface area (Å²) >= 11 is 0. The van der Waals surface area contributed by atoms with E-state index in [-0.39, 0.29) is 23.6 Å². The number of ether oxygens (including phenoxy) is 2. The van der Waals surface area contributed by atoms with Crippen molar-refractivity contribution in [1.82, 2.24) is 9.88 Å². The van der Waals surface area contributed by atoms with Crippen LogP contribution in [0.5, 0.6) is 5.88 Å². The zero-order valence-electron chi connectivity index (χ0n) is 13.6. The summed E-state index contributed by atoms with van der Waals surface area (Å²) in [7, 11) is 0. The number of rotatable bonds is 3. The van der Waals surface area contributed by atoms with Crippen molar-refractivity contribution in [2.75, 3.05) is 13.1 Å². The van der Waals surface area contributed by atoms with Crippen molar-refractivity contribution >= 4 is 12.1 Å². The smallest absolute Gasteiger partial charge is 0.410 e. The molecule has 7 nitrogen and oxygen atoms in total. The van der Waals surface area contributed by atoms with Crippen LogP contribution in [0.3, 0.4) is 0 Å². The Kier molecular flexibility index (Phi) is 5.08. The lowest BCUT2D eigenvalue weighted by Crippen LogP contribution is -2.44. The number of hydrogen-bond donors (Lipinski definition) is 1. The van der Waals surface area contributed by atoms with Crippen molar-refractivity contribution in [3.8, 4) is 5.88 Å². The first kappa shape index (κ1) is 17.1. The topological polar surface area (TPSA) is 89.0 Å². The Morgan fingerprint density at radius 3 is 2.52 bits per heavy atom. The van der Waals surface area contributed by atoms with Crippen molar-refractivity contribution in [3.63, 3.8) is 0 Å². The average molecular weight is 322 g/mol. The lowest BCUT2D eigenvalue weighted by atomic mass is 10.1. The Labute approximate surface area is 135 Å². The number of aromatic carboxylic acids is 1. The number of carbonyl (C=O) groups is 2. The molecule has 1 fully saturated rings. The number of carbonyl (C=O) groups excluding carboxylic acids is 1. The molecule has 2 heterocycles. The third kappa shape index (κ3) is 4.84. The SMILES string of the molecule is CC(C)(C)OC(=O)N1CCC(Oc2ncccc2C(=O)O)CC1. The van der Waals surface area contributed by atoms with E-state index in [0.717, 1.165) is 0 Å². The van der Waals surface area contributed by atoms with Crippen molar-refractivity contribution in [3.05, 3.63) is 23.9 Å². The van der Waals surface area contributed by atoms with E-state index in [2.05, 4.69) is 4.98 Å². The van der Waals surface area contributed by atoms with E-state index in [9.17, 15) is 9.59 Å². The predicted octanol–water partition coefficient (Wildman–Crippen LogP) is 2.56. The van der Waals surface area contributed by atoms with Gasteiger partial charge in [0.05, 0.1) is 0 Å². The fourth-order valence-corrected chi connectivity index (χ4v) is 2.29. The van der Waals surface area contributed by atoms with Gasteiger partial charge in [-0.05, 0) is 32.9 Å². The molecule has 7 heteroatoms. The van der Waals surface area contributed by atoms with Crippen molar-refractivity contribution in [2.24, 2.45) is 0 Å². The fraction of sp³-hybridized carbons (Fsp3) is 0.562. The molecule has 2 rings (SSSR count). The van der Waals surface area contributed by atoms with Gasteiger partial charge in [-0.2, -0.15) is 0 Å². The Hall–Kier alpha value is -2.31. The zero-order valence-corrected chi connectivity index (χ0v) is 13.6. The largest absolute Gasteiger partial charge is 0.477 e. The first-order chi connectivity index (χ1) is 10.8. The highest BCUT2D eigenvalue weighted by Crippen LogP contribution is 2.22. The summed E-state index contributed by atoms with van der Waals surface area (Å²) in [5.74, 6) is -0.949. The third-order valence-electron chi connectivity index (χ3n) is 3.37. The Morgan fingerprint density at radius 1 is 1.30 bits per heavy atom. The van der Waals surface area contributed by atoms with Gasteiger partial charge in [0.25, 0.3) is 0 Å². The Balaban J connectivity index is 1.91. The molecular weight excluding hydrogens is 300 g/mol. The minimum absolute atomic E-state index is 0.0436. The summed E-state index contributed by atoms with van der Waals surface area (Å²) in [6, 6.07) is 3.02. The molecule has 1 aromatic heterocycles. The predicted molar refractivity (Wildman–Crippen MR) is 82.7 cm³/mol. The maximum Gasteiger partial charge on any atom is 0.410 e. The molecule has 1 saturated heterocycles. The standard InChI is InChI=1S/C16H22N2O5/c1-16(2,3)23-15(21)18-9-6-11(7-10-18)22-13-12(14(19)20)5-4-8-17-13/h4-5,8,11H,6-7,9-10H2,1-3H3,(H,19,20). The van der Waals surface area contributed by atoms with Crippen LogP contribution in [0, 0.1) is 0 Å². The van der Waals surface area contributed by atoms with Gasteiger partial charge in [0.2, 0.25) is 5.88 Å². The zero-order chi connectivity index (χ0) is 17.0. The molecule has 1 N–H and O–H groups in total. The molecule has 1 amide bonds.